The molecule has 0 heterocycles. The first kappa shape index (κ1) is 16.0. The van der Waals surface area contributed by atoms with Gasteiger partial charge in [-0.15, -0.1) is 0 Å². The van der Waals surface area contributed by atoms with Gasteiger partial charge in [-0.05, 0) is 0 Å². The number of carboxylic acid groups (broad SMARTS) is 1. The summed E-state index contributed by atoms with van der Waals surface area (Å²) in [7, 11) is 0. The molecule has 0 aromatic carbocycles. The predicted molar refractivity (Wildman–Crippen MR) is 16.9 cm³/mol. The van der Waals surface area contributed by atoms with Crippen molar-refractivity contribution in [2.24, 2.45) is 0 Å². The van der Waals surface area contributed by atoms with Crippen molar-refractivity contribution < 1.29 is 48.1 Å². The molecular formula is C2H6O3Y+3. The Hall–Kier alpha value is 0.534. The van der Waals surface area contributed by atoms with E-state index >= 15 is 0 Å². The minimum atomic E-state index is -0.833. The molecule has 0 aliphatic carbocycles. The van der Waals surface area contributed by atoms with Gasteiger partial charge in [-0.25, -0.2) is 0 Å². The summed E-state index contributed by atoms with van der Waals surface area (Å²) in [5.41, 5.74) is 0. The molecule has 0 aromatic rings. The van der Waals surface area contributed by atoms with Crippen LogP contribution >= 0.6 is 0 Å². The third-order valence-corrected chi connectivity index (χ3v) is 0. The Kier molecular flexibility index (Phi) is 24.3. The number of carboxylic acids is 1. The van der Waals surface area contributed by atoms with E-state index in [0.717, 1.165) is 6.92 Å². The molecule has 0 fully saturated rings. The van der Waals surface area contributed by atoms with E-state index in [1.807, 2.05) is 0 Å². The summed E-state index contributed by atoms with van der Waals surface area (Å²) in [6, 6.07) is 0. The minimum absolute atomic E-state index is 0. The van der Waals surface area contributed by atoms with Gasteiger partial charge in [0, 0.05) is 6.92 Å². The van der Waals surface area contributed by atoms with Crippen LogP contribution in [-0.4, -0.2) is 16.6 Å². The zero-order chi connectivity index (χ0) is 3.58. The van der Waals surface area contributed by atoms with Crippen molar-refractivity contribution in [1.29, 1.82) is 0 Å². The quantitative estimate of drug-likeness (QED) is 0.516. The summed E-state index contributed by atoms with van der Waals surface area (Å²) in [5.74, 6) is -0.833. The maximum Gasteiger partial charge on any atom is 3.00 e. The van der Waals surface area contributed by atoms with Crippen LogP contribution in [0.1, 0.15) is 6.92 Å². The summed E-state index contributed by atoms with van der Waals surface area (Å²) in [5, 5.41) is 7.42. The molecule has 0 aliphatic heterocycles. The number of hydrogen-bond acceptors (Lipinski definition) is 1. The van der Waals surface area contributed by atoms with E-state index in [0.29, 0.717) is 0 Å². The Balaban J connectivity index is -0.0000000450. The Morgan fingerprint density at radius 2 is 1.67 bits per heavy atom. The first-order valence-electron chi connectivity index (χ1n) is 0.928. The van der Waals surface area contributed by atoms with Crippen LogP contribution in [0.4, 0.5) is 0 Å². The first-order valence-corrected chi connectivity index (χ1v) is 0.928. The maximum atomic E-state index is 9.00. The fourth-order valence-corrected chi connectivity index (χ4v) is 0. The molecule has 0 aromatic heterocycles. The second kappa shape index (κ2) is 9.11. The van der Waals surface area contributed by atoms with Gasteiger partial charge in [-0.1, -0.05) is 0 Å². The third kappa shape index (κ3) is 199. The molecule has 0 unspecified atom stereocenters. The van der Waals surface area contributed by atoms with Crippen LogP contribution in [0.15, 0.2) is 0 Å². The molecule has 0 atom stereocenters. The standard InChI is InChI=1S/C2H4O2.H2O.Y/c1-2(3)4;;/h1H3,(H,3,4);1H2;/q;;+3. The molecule has 0 saturated carbocycles. The monoisotopic (exact) mass is 167 g/mol. The van der Waals surface area contributed by atoms with Crippen molar-refractivity contribution >= 4 is 5.97 Å². The number of carbonyl (C=O) groups is 1. The first-order chi connectivity index (χ1) is 1.73. The Morgan fingerprint density at radius 3 is 1.67 bits per heavy atom. The van der Waals surface area contributed by atoms with Gasteiger partial charge in [0.05, 0.1) is 0 Å². The average molecular weight is 167 g/mol. The molecular weight excluding hydrogens is 161 g/mol. The summed E-state index contributed by atoms with van der Waals surface area (Å²) >= 11 is 0. The van der Waals surface area contributed by atoms with Gasteiger partial charge in [0.25, 0.3) is 5.97 Å². The van der Waals surface area contributed by atoms with Crippen molar-refractivity contribution in [1.82, 2.24) is 0 Å². The van der Waals surface area contributed by atoms with Gasteiger partial charge < -0.3 is 10.6 Å². The molecule has 0 spiro atoms. The summed E-state index contributed by atoms with van der Waals surface area (Å²) in [6.45, 7) is 1.08. The van der Waals surface area contributed by atoms with Crippen molar-refractivity contribution in [3.8, 4) is 0 Å². The molecule has 6 heavy (non-hydrogen) atoms. The third-order valence-electron chi connectivity index (χ3n) is 0. The smallest absolute Gasteiger partial charge is 0.481 e. The van der Waals surface area contributed by atoms with E-state index in [9.17, 15) is 0 Å². The maximum absolute atomic E-state index is 9.00. The molecule has 0 rings (SSSR count). The number of rotatable bonds is 0. The molecule has 4 heteroatoms. The van der Waals surface area contributed by atoms with Gasteiger partial charge in [-0.2, -0.15) is 0 Å². The van der Waals surface area contributed by atoms with E-state index in [4.69, 9.17) is 9.90 Å². The van der Waals surface area contributed by atoms with Gasteiger partial charge in [0.15, 0.2) is 0 Å². The normalized spacial score (nSPS) is 4.17. The molecule has 0 amide bonds. The molecule has 0 radical (unpaired) electrons. The minimum Gasteiger partial charge on any atom is -0.481 e. The summed E-state index contributed by atoms with van der Waals surface area (Å²) in [6.07, 6.45) is 0. The Bertz CT molecular complexity index is 31.8. The largest absolute Gasteiger partial charge is 3.00 e. The van der Waals surface area contributed by atoms with E-state index in [-0.39, 0.29) is 38.2 Å². The number of hydrogen-bond donors (Lipinski definition) is 1. The molecule has 0 bridgehead atoms. The SMILES string of the molecule is CC(=O)O.O.[Y+3]. The molecule has 0 saturated heterocycles. The van der Waals surface area contributed by atoms with E-state index in [1.165, 1.54) is 0 Å². The van der Waals surface area contributed by atoms with Crippen LogP contribution in [0.5, 0.6) is 0 Å². The Labute approximate surface area is 60.9 Å². The van der Waals surface area contributed by atoms with Crippen molar-refractivity contribution in [3.63, 3.8) is 0 Å². The van der Waals surface area contributed by atoms with Gasteiger partial charge >= 0.3 is 32.7 Å². The molecule has 3 N–H and O–H groups in total. The van der Waals surface area contributed by atoms with Crippen molar-refractivity contribution in [3.05, 3.63) is 0 Å². The van der Waals surface area contributed by atoms with Crippen LogP contribution in [-0.2, 0) is 37.5 Å². The van der Waals surface area contributed by atoms with Crippen LogP contribution in [0.3, 0.4) is 0 Å². The predicted octanol–water partition coefficient (Wildman–Crippen LogP) is -0.736. The van der Waals surface area contributed by atoms with Crippen molar-refractivity contribution in [2.75, 3.05) is 0 Å². The van der Waals surface area contributed by atoms with Gasteiger partial charge in [0.2, 0.25) is 0 Å². The van der Waals surface area contributed by atoms with Crippen LogP contribution in [0.25, 0.3) is 0 Å². The molecule has 3 nitrogen and oxygen atoms in total. The second-order valence-electron chi connectivity index (χ2n) is 0.519. The van der Waals surface area contributed by atoms with Gasteiger partial charge in [0.1, 0.15) is 0 Å². The Morgan fingerprint density at radius 1 is 1.67 bits per heavy atom. The van der Waals surface area contributed by atoms with Crippen LogP contribution in [0.2, 0.25) is 0 Å². The second-order valence-corrected chi connectivity index (χ2v) is 0.519. The van der Waals surface area contributed by atoms with Crippen LogP contribution in [0, 0.1) is 0 Å². The van der Waals surface area contributed by atoms with Gasteiger partial charge in [-0.3, -0.25) is 4.79 Å². The fraction of sp³-hybridized carbons (Fsp3) is 0.500. The van der Waals surface area contributed by atoms with E-state index < -0.39 is 5.97 Å². The fourth-order valence-electron chi connectivity index (χ4n) is 0. The van der Waals surface area contributed by atoms with Crippen molar-refractivity contribution in [2.45, 2.75) is 6.92 Å². The average Bonchev–Trinajstić information content (AvgIpc) is 0.811. The zero-order valence-electron chi connectivity index (χ0n) is 3.43. The molecule has 0 aliphatic rings. The topological polar surface area (TPSA) is 68.8 Å². The molecule has 32 valence electrons. The van der Waals surface area contributed by atoms with Crippen LogP contribution < -0.4 is 0 Å². The summed E-state index contributed by atoms with van der Waals surface area (Å²) < 4.78 is 0. The number of aliphatic carboxylic acids is 1. The summed E-state index contributed by atoms with van der Waals surface area (Å²) in [4.78, 5) is 9.00. The van der Waals surface area contributed by atoms with E-state index in [2.05, 4.69) is 0 Å². The van der Waals surface area contributed by atoms with E-state index in [1.54, 1.807) is 0 Å². The zero-order valence-corrected chi connectivity index (χ0v) is 6.27.